The van der Waals surface area contributed by atoms with Crippen molar-refractivity contribution in [2.75, 3.05) is 18.1 Å². The smallest absolute Gasteiger partial charge is 0.346 e. The third-order valence-electron chi connectivity index (χ3n) is 13.8. The fourth-order valence-electron chi connectivity index (χ4n) is 10.00. The van der Waals surface area contributed by atoms with Gasteiger partial charge in [0.15, 0.2) is 0 Å². The lowest BCUT2D eigenvalue weighted by Gasteiger charge is -2.30. The number of hydrogen-bond acceptors (Lipinski definition) is 7. The van der Waals surface area contributed by atoms with Crippen LogP contribution in [0.3, 0.4) is 0 Å². The summed E-state index contributed by atoms with van der Waals surface area (Å²) in [6.45, 7) is 15.3. The van der Waals surface area contributed by atoms with Crippen molar-refractivity contribution in [1.29, 1.82) is 5.26 Å². The van der Waals surface area contributed by atoms with E-state index in [9.17, 15) is 15.2 Å². The summed E-state index contributed by atoms with van der Waals surface area (Å²) in [5, 5.41) is 18.6. The molecule has 0 radical (unpaired) electrons. The lowest BCUT2D eigenvalue weighted by atomic mass is 9.82. The molecule has 0 spiro atoms. The van der Waals surface area contributed by atoms with Crippen molar-refractivity contribution in [3.05, 3.63) is 154 Å². The summed E-state index contributed by atoms with van der Waals surface area (Å²) in [5.41, 5.74) is 13.9. The first-order valence-electron chi connectivity index (χ1n) is 24.2. The number of aliphatic carboxylic acids is 1. The van der Waals surface area contributed by atoms with Gasteiger partial charge in [0.1, 0.15) is 23.1 Å². The molecule has 5 aromatic carbocycles. The molecule has 9 rings (SSSR count). The molecule has 68 heavy (non-hydrogen) atoms. The van der Waals surface area contributed by atoms with Gasteiger partial charge in [-0.05, 0) is 154 Å². The highest BCUT2D eigenvalue weighted by Gasteiger charge is 2.38. The van der Waals surface area contributed by atoms with E-state index < -0.39 is 5.97 Å². The van der Waals surface area contributed by atoms with E-state index in [4.69, 9.17) is 9.47 Å². The topological polar surface area (TPSA) is 82.8 Å². The molecule has 0 aliphatic heterocycles. The number of hydrogen-bond donors (Lipinski definition) is 1. The van der Waals surface area contributed by atoms with Gasteiger partial charge in [0, 0.05) is 47.4 Å². The van der Waals surface area contributed by atoms with Crippen LogP contribution in [0, 0.1) is 11.3 Å². The maximum absolute atomic E-state index is 11.4. The van der Waals surface area contributed by atoms with Gasteiger partial charge in [0.25, 0.3) is 0 Å². The van der Waals surface area contributed by atoms with Crippen LogP contribution in [0.2, 0.25) is 0 Å². The van der Waals surface area contributed by atoms with E-state index in [1.165, 1.54) is 100 Å². The lowest BCUT2D eigenvalue weighted by molar-refractivity contribution is -0.132. The number of rotatable bonds is 19. The summed E-state index contributed by atoms with van der Waals surface area (Å²) in [6, 6.07) is 46.0. The van der Waals surface area contributed by atoms with Gasteiger partial charge in [-0.15, -0.1) is 22.7 Å². The van der Waals surface area contributed by atoms with Gasteiger partial charge >= 0.3 is 5.97 Å². The lowest BCUT2D eigenvalue weighted by Crippen LogP contribution is -2.18. The molecular weight excluding hydrogens is 877 g/mol. The van der Waals surface area contributed by atoms with Crippen molar-refractivity contribution in [3.8, 4) is 60.0 Å². The number of unbranched alkanes of at least 4 members (excludes halogenated alkanes) is 6. The normalized spacial score (nSPS) is 13.9. The third-order valence-corrected chi connectivity index (χ3v) is 16.2. The summed E-state index contributed by atoms with van der Waals surface area (Å²) >= 11 is 3.18. The Labute approximate surface area is 410 Å². The number of fused-ring (bicyclic) bond motifs is 6. The van der Waals surface area contributed by atoms with Gasteiger partial charge in [0.05, 0.1) is 13.2 Å². The highest BCUT2D eigenvalue weighted by molar-refractivity contribution is 7.24. The number of nitrogens with zero attached hydrogens (tertiary/aromatic N) is 2. The van der Waals surface area contributed by atoms with Crippen LogP contribution in [0.1, 0.15) is 120 Å². The van der Waals surface area contributed by atoms with Crippen LogP contribution < -0.4 is 14.4 Å². The average Bonchev–Trinajstić information content (AvgIpc) is 4.12. The minimum atomic E-state index is -1.22. The van der Waals surface area contributed by atoms with Crippen LogP contribution in [-0.4, -0.2) is 24.3 Å². The number of carbonyl (C=O) groups is 1. The van der Waals surface area contributed by atoms with Crippen LogP contribution in [0.4, 0.5) is 17.1 Å². The molecular formula is C60H60N2O4S2. The van der Waals surface area contributed by atoms with E-state index in [2.05, 4.69) is 156 Å². The minimum Gasteiger partial charge on any atom is -0.494 e. The van der Waals surface area contributed by atoms with Crippen LogP contribution in [0.5, 0.6) is 11.5 Å². The second kappa shape index (κ2) is 19.7. The largest absolute Gasteiger partial charge is 0.494 e. The number of nitriles is 1. The fourth-order valence-corrected chi connectivity index (χ4v) is 12.1. The number of carboxylic acid groups (broad SMARTS) is 1. The molecule has 7 aromatic rings. The predicted molar refractivity (Wildman–Crippen MR) is 283 cm³/mol. The Morgan fingerprint density at radius 1 is 0.574 bits per heavy atom. The van der Waals surface area contributed by atoms with Crippen LogP contribution in [-0.2, 0) is 15.6 Å². The molecule has 0 atom stereocenters. The molecule has 2 aliphatic rings. The Morgan fingerprint density at radius 3 is 1.53 bits per heavy atom. The molecule has 0 saturated carbocycles. The quantitative estimate of drug-likeness (QED) is 0.0494. The molecule has 8 heteroatoms. The van der Waals surface area contributed by atoms with Crippen LogP contribution in [0.25, 0.3) is 48.5 Å². The van der Waals surface area contributed by atoms with Crippen molar-refractivity contribution in [1.82, 2.24) is 0 Å². The van der Waals surface area contributed by atoms with E-state index in [1.807, 2.05) is 12.1 Å². The monoisotopic (exact) mass is 936 g/mol. The Morgan fingerprint density at radius 2 is 1.03 bits per heavy atom. The van der Waals surface area contributed by atoms with Crippen molar-refractivity contribution in [3.63, 3.8) is 0 Å². The first kappa shape index (κ1) is 46.7. The van der Waals surface area contributed by atoms with Gasteiger partial charge in [-0.1, -0.05) is 116 Å². The number of thiophene rings is 2. The van der Waals surface area contributed by atoms with Crippen molar-refractivity contribution < 1.29 is 19.4 Å². The van der Waals surface area contributed by atoms with Gasteiger partial charge in [0.2, 0.25) is 0 Å². The Bertz CT molecular complexity index is 2930. The summed E-state index contributed by atoms with van der Waals surface area (Å²) < 4.78 is 12.6. The van der Waals surface area contributed by atoms with E-state index in [1.54, 1.807) is 17.4 Å². The van der Waals surface area contributed by atoms with Gasteiger partial charge in [-0.2, -0.15) is 5.26 Å². The zero-order valence-corrected chi connectivity index (χ0v) is 41.7. The predicted octanol–water partition coefficient (Wildman–Crippen LogP) is 17.1. The van der Waals surface area contributed by atoms with E-state index in [0.717, 1.165) is 79.7 Å². The molecule has 6 nitrogen and oxygen atoms in total. The second-order valence-corrected chi connectivity index (χ2v) is 21.4. The number of benzene rings is 5. The maximum Gasteiger partial charge on any atom is 0.346 e. The molecule has 2 aliphatic carbocycles. The van der Waals surface area contributed by atoms with Crippen molar-refractivity contribution in [2.24, 2.45) is 0 Å². The fraction of sp³-hybridized carbons (Fsp3) is 0.300. The van der Waals surface area contributed by atoms with E-state index in [-0.39, 0.29) is 16.4 Å². The number of ether oxygens (including phenoxy) is 2. The number of carboxylic acids is 1. The second-order valence-electron chi connectivity index (χ2n) is 19.2. The molecule has 0 saturated heterocycles. The first-order valence-corrected chi connectivity index (χ1v) is 25.8. The Balaban J connectivity index is 1.06. The average molecular weight is 937 g/mol. The SMILES string of the molecule is CCCCCCOc1ccc2c(c1)C(C)(C)c1cc(N(c3ccc(-c4ccc(-c5ccc(/C=C(/C#N)C(=O)O)s5)s4)cc3)c3ccc4c(c3)C(C)(C)c3cc(OCCCCCC)ccc3-4)ccc1-2. The summed E-state index contributed by atoms with van der Waals surface area (Å²) in [4.78, 5) is 17.8. The zero-order valence-electron chi connectivity index (χ0n) is 40.1. The highest BCUT2D eigenvalue weighted by atomic mass is 32.1. The van der Waals surface area contributed by atoms with Crippen molar-refractivity contribution >= 4 is 51.8 Å². The zero-order chi connectivity index (χ0) is 47.6. The molecule has 0 fully saturated rings. The summed E-state index contributed by atoms with van der Waals surface area (Å²) in [5.74, 6) is 0.658. The van der Waals surface area contributed by atoms with E-state index in [0.29, 0.717) is 0 Å². The Kier molecular flexibility index (Phi) is 13.5. The number of anilines is 3. The van der Waals surface area contributed by atoms with Gasteiger partial charge < -0.3 is 19.5 Å². The van der Waals surface area contributed by atoms with Gasteiger partial charge in [-0.25, -0.2) is 4.79 Å². The maximum atomic E-state index is 11.4. The van der Waals surface area contributed by atoms with E-state index >= 15 is 0 Å². The molecule has 0 unspecified atom stereocenters. The van der Waals surface area contributed by atoms with Crippen LogP contribution in [0.15, 0.2) is 127 Å². The first-order chi connectivity index (χ1) is 32.9. The molecule has 2 aromatic heterocycles. The minimum absolute atomic E-state index is 0.236. The highest BCUT2D eigenvalue weighted by Crippen LogP contribution is 2.54. The molecule has 2 heterocycles. The Hall–Kier alpha value is -6.40. The summed E-state index contributed by atoms with van der Waals surface area (Å²) in [6.07, 6.45) is 10.9. The molecule has 0 bridgehead atoms. The standard InChI is InChI=1S/C60H60N2O4S2/c1-7-9-11-13-31-65-44-21-26-49-47-24-19-42(34-51(47)59(3,4)53(49)36-44)62(43-20-25-48-50-27-22-45(66-32-14-12-10-8-2)37-54(50)60(5,6)52(48)35-43)41-17-15-39(16-18-41)55-29-30-57(68-55)56-28-23-46(67-56)33-40(38-61)58(63)64/h15-30,33-37H,7-14,31-32H2,1-6H3,(H,63,64)/b40-33-. The van der Waals surface area contributed by atoms with Crippen molar-refractivity contribution in [2.45, 2.75) is 104 Å². The third kappa shape index (κ3) is 9.14. The summed E-state index contributed by atoms with van der Waals surface area (Å²) in [7, 11) is 0. The van der Waals surface area contributed by atoms with Crippen LogP contribution >= 0.6 is 22.7 Å². The molecule has 0 amide bonds. The molecule has 346 valence electrons. The van der Waals surface area contributed by atoms with Gasteiger partial charge in [-0.3, -0.25) is 0 Å². The molecule has 1 N–H and O–H groups in total.